The van der Waals surface area contributed by atoms with E-state index >= 15 is 0 Å². The molecule has 2 nitrogen and oxygen atoms in total. The predicted octanol–water partition coefficient (Wildman–Crippen LogP) is 3.80. The first kappa shape index (κ1) is 15.6. The summed E-state index contributed by atoms with van der Waals surface area (Å²) < 4.78 is 2.07. The Morgan fingerprint density at radius 2 is 1.85 bits per heavy atom. The van der Waals surface area contributed by atoms with Crippen LogP contribution in [0.2, 0.25) is 0 Å². The zero-order valence-electron chi connectivity index (χ0n) is 10.4. The zero-order valence-corrected chi connectivity index (χ0v) is 14.4. The smallest absolute Gasteiger partial charge is 0.0458 e. The van der Waals surface area contributed by atoms with Crippen molar-refractivity contribution in [3.63, 3.8) is 0 Å². The van der Waals surface area contributed by atoms with Crippen molar-refractivity contribution in [2.45, 2.75) is 17.1 Å². The average Bonchev–Trinajstić information content (AvgIpc) is 2.41. The summed E-state index contributed by atoms with van der Waals surface area (Å²) in [6.07, 6.45) is -0.0528. The van der Waals surface area contributed by atoms with Crippen molar-refractivity contribution in [3.8, 4) is 0 Å². The summed E-state index contributed by atoms with van der Waals surface area (Å²) in [4.78, 5) is 11.7. The Hall–Kier alpha value is -0.780. The van der Waals surface area contributed by atoms with E-state index in [1.807, 2.05) is 36.4 Å². The van der Waals surface area contributed by atoms with Crippen LogP contribution >= 0.6 is 43.6 Å². The van der Waals surface area contributed by atoms with Crippen molar-refractivity contribution >= 4 is 49.6 Å². The van der Waals surface area contributed by atoms with Crippen molar-refractivity contribution < 1.29 is 9.90 Å². The average molecular weight is 415 g/mol. The van der Waals surface area contributed by atoms with Gasteiger partial charge in [-0.15, -0.1) is 11.8 Å². The maximum absolute atomic E-state index is 10.8. The fraction of sp³-hybridized carbons (Fsp3) is 0.133. The van der Waals surface area contributed by atoms with Gasteiger partial charge in [0, 0.05) is 32.0 Å². The van der Waals surface area contributed by atoms with Gasteiger partial charge in [-0.2, -0.15) is 0 Å². The molecule has 0 unspecified atom stereocenters. The number of halogens is 2. The Morgan fingerprint density at radius 1 is 1.10 bits per heavy atom. The molecule has 0 spiro atoms. The van der Waals surface area contributed by atoms with E-state index in [0.29, 0.717) is 0 Å². The molecule has 0 atom stereocenters. The molecule has 0 heterocycles. The summed E-state index contributed by atoms with van der Waals surface area (Å²) in [5.41, 5.74) is 1.95. The van der Waals surface area contributed by atoms with Crippen LogP contribution in [0.25, 0.3) is 0 Å². The maximum atomic E-state index is 10.8. The monoisotopic (exact) mass is 413 g/mol. The Kier molecular flexibility index (Phi) is 5.69. The molecule has 0 fully saturated rings. The zero-order chi connectivity index (χ0) is 14.5. The molecular weight excluding hydrogens is 404 g/mol. The lowest BCUT2D eigenvalue weighted by Crippen LogP contribution is -2.24. The topological polar surface area (TPSA) is 40.1 Å². The fourth-order valence-electron chi connectivity index (χ4n) is 1.76. The van der Waals surface area contributed by atoms with E-state index in [-0.39, 0.29) is 6.42 Å². The van der Waals surface area contributed by atoms with Crippen molar-refractivity contribution in [1.29, 1.82) is 0 Å². The van der Waals surface area contributed by atoms with Gasteiger partial charge in [-0.3, -0.25) is 0 Å². The largest absolute Gasteiger partial charge is 0.550 e. The minimum atomic E-state index is -1.05. The second kappa shape index (κ2) is 7.29. The third kappa shape index (κ3) is 4.36. The highest BCUT2D eigenvalue weighted by Crippen LogP contribution is 2.30. The Bertz CT molecular complexity index is 629. The minimum Gasteiger partial charge on any atom is -0.550 e. The second-order valence-electron chi connectivity index (χ2n) is 4.18. The summed E-state index contributed by atoms with van der Waals surface area (Å²) >= 11 is 8.60. The highest BCUT2D eigenvalue weighted by molar-refractivity contribution is 9.11. The van der Waals surface area contributed by atoms with Crippen LogP contribution in [0, 0.1) is 0 Å². The molecule has 0 aliphatic carbocycles. The van der Waals surface area contributed by atoms with Crippen molar-refractivity contribution in [2.75, 3.05) is 0 Å². The van der Waals surface area contributed by atoms with Crippen LogP contribution in [0.4, 0.5) is 0 Å². The van der Waals surface area contributed by atoms with E-state index in [4.69, 9.17) is 0 Å². The van der Waals surface area contributed by atoms with Crippen LogP contribution in [-0.2, 0) is 17.0 Å². The number of carboxylic acid groups (broad SMARTS) is 1. The van der Waals surface area contributed by atoms with Crippen molar-refractivity contribution in [3.05, 3.63) is 62.5 Å². The quantitative estimate of drug-likeness (QED) is 0.698. The van der Waals surface area contributed by atoms with Gasteiger partial charge in [-0.25, -0.2) is 0 Å². The van der Waals surface area contributed by atoms with E-state index in [0.717, 1.165) is 30.7 Å². The molecule has 2 rings (SSSR count). The molecule has 2 aromatic rings. The molecular formula is C15H11Br2O2S-. The third-order valence-electron chi connectivity index (χ3n) is 2.70. The molecule has 0 bridgehead atoms. The highest BCUT2D eigenvalue weighted by Gasteiger charge is 2.06. The van der Waals surface area contributed by atoms with Crippen LogP contribution in [0.1, 0.15) is 11.1 Å². The first-order valence-electron chi connectivity index (χ1n) is 5.91. The summed E-state index contributed by atoms with van der Waals surface area (Å²) in [6, 6.07) is 13.5. The van der Waals surface area contributed by atoms with Gasteiger partial charge in [0.1, 0.15) is 0 Å². The molecule has 0 aromatic heterocycles. The molecule has 0 saturated heterocycles. The number of hydrogen-bond acceptors (Lipinski definition) is 3. The van der Waals surface area contributed by atoms with E-state index in [1.165, 1.54) is 0 Å². The molecule has 0 saturated carbocycles. The van der Waals surface area contributed by atoms with Crippen LogP contribution in [0.15, 0.2) is 56.3 Å². The first-order chi connectivity index (χ1) is 9.56. The summed E-state index contributed by atoms with van der Waals surface area (Å²) in [6.45, 7) is 0. The number of hydrogen-bond donors (Lipinski definition) is 0. The normalized spacial score (nSPS) is 10.5. The molecule has 0 amide bonds. The Labute approximate surface area is 138 Å². The van der Waals surface area contributed by atoms with Gasteiger partial charge < -0.3 is 9.90 Å². The van der Waals surface area contributed by atoms with Gasteiger partial charge in [-0.05, 0) is 35.4 Å². The molecule has 0 radical (unpaired) electrons. The Morgan fingerprint density at radius 3 is 2.60 bits per heavy atom. The number of thioether (sulfide) groups is 1. The number of carbonyl (C=O) groups excluding carboxylic acids is 1. The number of carbonyl (C=O) groups is 1. The number of aliphatic carboxylic acids is 1. The van der Waals surface area contributed by atoms with E-state index in [2.05, 4.69) is 37.9 Å². The van der Waals surface area contributed by atoms with Crippen LogP contribution in [-0.4, -0.2) is 5.97 Å². The number of benzene rings is 2. The van der Waals surface area contributed by atoms with Gasteiger partial charge in [0.15, 0.2) is 0 Å². The lowest BCUT2D eigenvalue weighted by atomic mass is 10.1. The molecule has 5 heteroatoms. The van der Waals surface area contributed by atoms with Crippen LogP contribution < -0.4 is 5.11 Å². The molecule has 2 aromatic carbocycles. The molecule has 104 valence electrons. The van der Waals surface area contributed by atoms with Gasteiger partial charge in [0.2, 0.25) is 0 Å². The first-order valence-corrected chi connectivity index (χ1v) is 8.48. The van der Waals surface area contributed by atoms with Gasteiger partial charge in [0.25, 0.3) is 0 Å². The summed E-state index contributed by atoms with van der Waals surface area (Å²) in [7, 11) is 0. The van der Waals surface area contributed by atoms with Crippen LogP contribution in [0.3, 0.4) is 0 Å². The van der Waals surface area contributed by atoms with E-state index < -0.39 is 5.97 Å². The number of carboxylic acids is 1. The van der Waals surface area contributed by atoms with Gasteiger partial charge in [-0.1, -0.05) is 50.1 Å². The molecule has 0 aliphatic heterocycles. The van der Waals surface area contributed by atoms with Crippen LogP contribution in [0.5, 0.6) is 0 Å². The number of rotatable bonds is 5. The molecule has 20 heavy (non-hydrogen) atoms. The second-order valence-corrected chi connectivity index (χ2v) is 6.97. The van der Waals surface area contributed by atoms with Gasteiger partial charge in [0.05, 0.1) is 0 Å². The standard InChI is InChI=1S/C15H12Br2O2S/c16-12-5-6-13(17)11(7-12)9-20-14-4-2-1-3-10(14)8-15(18)19/h1-7H,8-9H2,(H,18,19)/p-1. The SMILES string of the molecule is O=C([O-])Cc1ccccc1SCc1cc(Br)ccc1Br. The minimum absolute atomic E-state index is 0.0528. The molecule has 0 aliphatic rings. The third-order valence-corrected chi connectivity index (χ3v) is 5.13. The Balaban J connectivity index is 2.14. The predicted molar refractivity (Wildman–Crippen MR) is 86.6 cm³/mol. The lowest BCUT2D eigenvalue weighted by Gasteiger charge is -2.10. The van der Waals surface area contributed by atoms with Gasteiger partial charge >= 0.3 is 0 Å². The fourth-order valence-corrected chi connectivity index (χ4v) is 3.79. The van der Waals surface area contributed by atoms with E-state index in [9.17, 15) is 9.90 Å². The summed E-state index contributed by atoms with van der Waals surface area (Å²) in [5.74, 6) is -0.286. The summed E-state index contributed by atoms with van der Waals surface area (Å²) in [5, 5.41) is 10.8. The maximum Gasteiger partial charge on any atom is 0.0458 e. The lowest BCUT2D eigenvalue weighted by molar-refractivity contribution is -0.304. The molecule has 0 N–H and O–H groups in total. The van der Waals surface area contributed by atoms with Crippen molar-refractivity contribution in [1.82, 2.24) is 0 Å². The van der Waals surface area contributed by atoms with E-state index in [1.54, 1.807) is 11.8 Å². The highest BCUT2D eigenvalue weighted by atomic mass is 79.9. The van der Waals surface area contributed by atoms with Crippen molar-refractivity contribution in [2.24, 2.45) is 0 Å².